The van der Waals surface area contributed by atoms with Gasteiger partial charge >= 0.3 is 0 Å². The van der Waals surface area contributed by atoms with E-state index in [9.17, 15) is 0 Å². The highest BCUT2D eigenvalue weighted by molar-refractivity contribution is 14.0. The largest absolute Gasteiger partial charge is 0.352 e. The molecule has 0 heterocycles. The lowest BCUT2D eigenvalue weighted by Gasteiger charge is -2.23. The van der Waals surface area contributed by atoms with Crippen LogP contribution in [0.15, 0.2) is 29.3 Å². The number of nitrogens with zero attached hydrogens (tertiary/aromatic N) is 2. The van der Waals surface area contributed by atoms with Gasteiger partial charge in [0.25, 0.3) is 0 Å². The van der Waals surface area contributed by atoms with Gasteiger partial charge in [-0.1, -0.05) is 24.3 Å². The zero-order valence-corrected chi connectivity index (χ0v) is 16.4. The van der Waals surface area contributed by atoms with E-state index in [1.807, 2.05) is 0 Å². The zero-order chi connectivity index (χ0) is 15.2. The molecule has 0 amide bonds. The Morgan fingerprint density at radius 2 is 1.62 bits per heavy atom. The van der Waals surface area contributed by atoms with Gasteiger partial charge in [0.15, 0.2) is 5.96 Å². The van der Waals surface area contributed by atoms with Gasteiger partial charge in [0.2, 0.25) is 0 Å². The molecule has 0 aliphatic rings. The summed E-state index contributed by atoms with van der Waals surface area (Å²) in [5, 5.41) is 6.68. The van der Waals surface area contributed by atoms with Crippen molar-refractivity contribution >= 4 is 29.9 Å². The molecule has 4 nitrogen and oxygen atoms in total. The Hall–Kier alpha value is -0.820. The van der Waals surface area contributed by atoms with Crippen LogP contribution in [0.3, 0.4) is 0 Å². The van der Waals surface area contributed by atoms with Crippen molar-refractivity contribution in [1.29, 1.82) is 0 Å². The van der Waals surface area contributed by atoms with Crippen molar-refractivity contribution in [2.75, 3.05) is 21.1 Å². The van der Waals surface area contributed by atoms with E-state index in [4.69, 9.17) is 0 Å². The average molecular weight is 404 g/mol. The van der Waals surface area contributed by atoms with Crippen LogP contribution < -0.4 is 10.6 Å². The maximum atomic E-state index is 4.23. The Labute approximate surface area is 146 Å². The summed E-state index contributed by atoms with van der Waals surface area (Å²) in [6, 6.07) is 8.68. The first-order valence-corrected chi connectivity index (χ1v) is 7.01. The molecule has 0 fully saturated rings. The van der Waals surface area contributed by atoms with Gasteiger partial charge in [0.05, 0.1) is 0 Å². The molecule has 0 aliphatic heterocycles. The second-order valence-electron chi connectivity index (χ2n) is 6.36. The number of benzene rings is 1. The first-order valence-electron chi connectivity index (χ1n) is 7.01. The molecule has 0 spiro atoms. The molecule has 1 aromatic rings. The summed E-state index contributed by atoms with van der Waals surface area (Å²) >= 11 is 0. The summed E-state index contributed by atoms with van der Waals surface area (Å²) in [5.74, 6) is 0.829. The van der Waals surface area contributed by atoms with Crippen molar-refractivity contribution in [3.8, 4) is 0 Å². The molecular weight excluding hydrogens is 375 g/mol. The third-order valence-electron chi connectivity index (χ3n) is 2.70. The molecule has 0 aliphatic carbocycles. The molecule has 0 aromatic heterocycles. The summed E-state index contributed by atoms with van der Waals surface area (Å²) in [6.45, 7) is 8.11. The van der Waals surface area contributed by atoms with E-state index in [1.165, 1.54) is 11.1 Å². The number of nitrogens with one attached hydrogen (secondary N) is 2. The van der Waals surface area contributed by atoms with Crippen LogP contribution in [-0.2, 0) is 13.1 Å². The fourth-order valence-electron chi connectivity index (χ4n) is 1.85. The molecule has 5 heteroatoms. The number of hydrogen-bond acceptors (Lipinski definition) is 2. The molecule has 0 atom stereocenters. The van der Waals surface area contributed by atoms with Gasteiger partial charge in [-0.05, 0) is 46.0 Å². The van der Waals surface area contributed by atoms with E-state index in [-0.39, 0.29) is 29.5 Å². The second kappa shape index (κ2) is 9.25. The monoisotopic (exact) mass is 404 g/mol. The third kappa shape index (κ3) is 8.93. The molecule has 0 unspecified atom stereocenters. The van der Waals surface area contributed by atoms with Gasteiger partial charge in [0, 0.05) is 25.7 Å². The van der Waals surface area contributed by atoms with Gasteiger partial charge in [-0.3, -0.25) is 4.99 Å². The lowest BCUT2D eigenvalue weighted by atomic mass is 10.1. The molecule has 0 saturated heterocycles. The van der Waals surface area contributed by atoms with Crippen molar-refractivity contribution in [2.24, 2.45) is 4.99 Å². The van der Waals surface area contributed by atoms with E-state index in [1.54, 1.807) is 7.05 Å². The van der Waals surface area contributed by atoms with Crippen LogP contribution in [0.4, 0.5) is 0 Å². The smallest absolute Gasteiger partial charge is 0.191 e. The van der Waals surface area contributed by atoms with Crippen molar-refractivity contribution in [3.63, 3.8) is 0 Å². The summed E-state index contributed by atoms with van der Waals surface area (Å²) in [5.41, 5.74) is 2.59. The van der Waals surface area contributed by atoms with Crippen LogP contribution in [0.1, 0.15) is 31.9 Å². The number of aliphatic imine (C=N–C) groups is 1. The standard InChI is InChI=1S/C16H28N4.HI/c1-16(2,3)19-15(17-4)18-11-13-7-9-14(10-8-13)12-20(5)6;/h7-10H,11-12H2,1-6H3,(H2,17,18,19);1H. The van der Waals surface area contributed by atoms with E-state index in [0.717, 1.165) is 19.0 Å². The van der Waals surface area contributed by atoms with Gasteiger partial charge in [-0.25, -0.2) is 0 Å². The van der Waals surface area contributed by atoms with E-state index >= 15 is 0 Å². The maximum absolute atomic E-state index is 4.23. The van der Waals surface area contributed by atoms with Gasteiger partial charge in [0.1, 0.15) is 0 Å². The molecular formula is C16H29IN4. The van der Waals surface area contributed by atoms with Crippen molar-refractivity contribution in [1.82, 2.24) is 15.5 Å². The summed E-state index contributed by atoms with van der Waals surface area (Å²) in [7, 11) is 5.95. The Morgan fingerprint density at radius 1 is 1.10 bits per heavy atom. The van der Waals surface area contributed by atoms with Gasteiger partial charge in [-0.2, -0.15) is 0 Å². The summed E-state index contributed by atoms with van der Waals surface area (Å²) in [4.78, 5) is 6.40. The van der Waals surface area contributed by atoms with Gasteiger partial charge in [-0.15, -0.1) is 24.0 Å². The summed E-state index contributed by atoms with van der Waals surface area (Å²) in [6.07, 6.45) is 0. The SMILES string of the molecule is CN=C(NCc1ccc(CN(C)C)cc1)NC(C)(C)C.I. The quantitative estimate of drug-likeness (QED) is 0.461. The Balaban J connectivity index is 0.00000400. The minimum atomic E-state index is 0. The fourth-order valence-corrected chi connectivity index (χ4v) is 1.85. The first kappa shape index (κ1) is 20.2. The van der Waals surface area contributed by atoms with Gasteiger partial charge < -0.3 is 15.5 Å². The van der Waals surface area contributed by atoms with Crippen LogP contribution >= 0.6 is 24.0 Å². The number of guanidine groups is 1. The second-order valence-corrected chi connectivity index (χ2v) is 6.36. The predicted molar refractivity (Wildman–Crippen MR) is 102 cm³/mol. The van der Waals surface area contributed by atoms with Crippen LogP contribution in [-0.4, -0.2) is 37.5 Å². The average Bonchev–Trinajstić information content (AvgIpc) is 2.34. The number of halogens is 1. The molecule has 0 radical (unpaired) electrons. The predicted octanol–water partition coefficient (Wildman–Crippen LogP) is 2.83. The molecule has 1 rings (SSSR count). The molecule has 1 aromatic carbocycles. The van der Waals surface area contributed by atoms with Crippen LogP contribution in [0, 0.1) is 0 Å². The molecule has 21 heavy (non-hydrogen) atoms. The van der Waals surface area contributed by atoms with Crippen molar-refractivity contribution in [3.05, 3.63) is 35.4 Å². The molecule has 2 N–H and O–H groups in total. The fraction of sp³-hybridized carbons (Fsp3) is 0.562. The van der Waals surface area contributed by atoms with E-state index in [2.05, 4.69) is 79.7 Å². The van der Waals surface area contributed by atoms with E-state index < -0.39 is 0 Å². The topological polar surface area (TPSA) is 39.7 Å². The minimum absolute atomic E-state index is 0. The van der Waals surface area contributed by atoms with E-state index in [0.29, 0.717) is 0 Å². The molecule has 120 valence electrons. The van der Waals surface area contributed by atoms with Crippen LogP contribution in [0.2, 0.25) is 0 Å². The lowest BCUT2D eigenvalue weighted by Crippen LogP contribution is -2.47. The minimum Gasteiger partial charge on any atom is -0.352 e. The Bertz CT molecular complexity index is 433. The number of hydrogen-bond donors (Lipinski definition) is 2. The maximum Gasteiger partial charge on any atom is 0.191 e. The van der Waals surface area contributed by atoms with Crippen LogP contribution in [0.25, 0.3) is 0 Å². The highest BCUT2D eigenvalue weighted by atomic mass is 127. The molecule has 0 saturated carbocycles. The lowest BCUT2D eigenvalue weighted by molar-refractivity contribution is 0.402. The third-order valence-corrected chi connectivity index (χ3v) is 2.70. The Kier molecular flexibility index (Phi) is 8.89. The highest BCUT2D eigenvalue weighted by Gasteiger charge is 2.11. The normalized spacial score (nSPS) is 12.0. The first-order chi connectivity index (χ1) is 9.30. The Morgan fingerprint density at radius 3 is 2.05 bits per heavy atom. The number of rotatable bonds is 4. The van der Waals surface area contributed by atoms with Crippen LogP contribution in [0.5, 0.6) is 0 Å². The summed E-state index contributed by atoms with van der Waals surface area (Å²) < 4.78 is 0. The highest BCUT2D eigenvalue weighted by Crippen LogP contribution is 2.06. The van der Waals surface area contributed by atoms with Crippen molar-refractivity contribution < 1.29 is 0 Å². The zero-order valence-electron chi connectivity index (χ0n) is 14.0. The van der Waals surface area contributed by atoms with Crippen molar-refractivity contribution in [2.45, 2.75) is 39.4 Å². The molecule has 0 bridgehead atoms.